The number of nitrogens with one attached hydrogen (secondary N) is 1. The molecule has 0 spiro atoms. The standard InChI is InChI=1S/C11H17N3/c1-4-13-11(14-12)10-6-5-8(2)9(3)7-10/h5-7H,4,12H2,1-3H3,(H,13,14). The summed E-state index contributed by atoms with van der Waals surface area (Å²) in [6.07, 6.45) is 0. The van der Waals surface area contributed by atoms with Gasteiger partial charge in [-0.1, -0.05) is 12.1 Å². The van der Waals surface area contributed by atoms with Gasteiger partial charge in [-0.2, -0.15) is 0 Å². The summed E-state index contributed by atoms with van der Waals surface area (Å²) >= 11 is 0. The summed E-state index contributed by atoms with van der Waals surface area (Å²) in [7, 11) is 0. The molecule has 0 aliphatic carbocycles. The molecule has 0 atom stereocenters. The van der Waals surface area contributed by atoms with Gasteiger partial charge >= 0.3 is 0 Å². The fraction of sp³-hybridized carbons (Fsp3) is 0.364. The van der Waals surface area contributed by atoms with Crippen molar-refractivity contribution in [1.82, 2.24) is 5.43 Å². The van der Waals surface area contributed by atoms with E-state index in [1.54, 1.807) is 0 Å². The molecule has 76 valence electrons. The van der Waals surface area contributed by atoms with Crippen LogP contribution in [0.4, 0.5) is 0 Å². The lowest BCUT2D eigenvalue weighted by molar-refractivity contribution is 0.991. The first-order chi connectivity index (χ1) is 6.69. The third kappa shape index (κ3) is 2.33. The average molecular weight is 191 g/mol. The highest BCUT2D eigenvalue weighted by atomic mass is 15.2. The van der Waals surface area contributed by atoms with Crippen molar-refractivity contribution in [3.05, 3.63) is 34.9 Å². The van der Waals surface area contributed by atoms with Crippen LogP contribution in [0, 0.1) is 13.8 Å². The summed E-state index contributed by atoms with van der Waals surface area (Å²) in [5.74, 6) is 6.14. The zero-order valence-electron chi connectivity index (χ0n) is 8.96. The Labute approximate surface area is 85.0 Å². The van der Waals surface area contributed by atoms with Crippen LogP contribution in [0.15, 0.2) is 23.2 Å². The van der Waals surface area contributed by atoms with Crippen molar-refractivity contribution in [1.29, 1.82) is 0 Å². The Balaban J connectivity index is 3.06. The Kier molecular flexibility index (Phi) is 3.65. The summed E-state index contributed by atoms with van der Waals surface area (Å²) in [6.45, 7) is 6.88. The van der Waals surface area contributed by atoms with Crippen LogP contribution in [0.25, 0.3) is 0 Å². The van der Waals surface area contributed by atoms with E-state index in [9.17, 15) is 0 Å². The van der Waals surface area contributed by atoms with Gasteiger partial charge in [-0.05, 0) is 38.0 Å². The van der Waals surface area contributed by atoms with Crippen LogP contribution >= 0.6 is 0 Å². The van der Waals surface area contributed by atoms with Gasteiger partial charge in [0.1, 0.15) is 5.84 Å². The van der Waals surface area contributed by atoms with Crippen LogP contribution in [0.5, 0.6) is 0 Å². The molecule has 1 aromatic rings. The first kappa shape index (κ1) is 10.7. The Hall–Kier alpha value is -1.35. The molecular formula is C11H17N3. The molecular weight excluding hydrogens is 174 g/mol. The molecule has 0 saturated heterocycles. The lowest BCUT2D eigenvalue weighted by Crippen LogP contribution is -2.31. The molecule has 0 amide bonds. The Morgan fingerprint density at radius 1 is 1.36 bits per heavy atom. The summed E-state index contributed by atoms with van der Waals surface area (Å²) in [5.41, 5.74) is 6.19. The molecule has 14 heavy (non-hydrogen) atoms. The molecule has 0 aliphatic rings. The Morgan fingerprint density at radius 2 is 2.07 bits per heavy atom. The summed E-state index contributed by atoms with van der Waals surface area (Å²) < 4.78 is 0. The first-order valence-electron chi connectivity index (χ1n) is 4.77. The predicted molar refractivity (Wildman–Crippen MR) is 60.3 cm³/mol. The van der Waals surface area contributed by atoms with E-state index in [4.69, 9.17) is 5.84 Å². The highest BCUT2D eigenvalue weighted by molar-refractivity contribution is 5.98. The number of hydrogen-bond donors (Lipinski definition) is 2. The number of hydrogen-bond acceptors (Lipinski definition) is 2. The van der Waals surface area contributed by atoms with Crippen LogP contribution in [0.3, 0.4) is 0 Å². The van der Waals surface area contributed by atoms with Crippen molar-refractivity contribution in [3.8, 4) is 0 Å². The molecule has 0 bridgehead atoms. The van der Waals surface area contributed by atoms with Gasteiger partial charge in [0.05, 0.1) is 0 Å². The normalized spacial score (nSPS) is 11.6. The molecule has 0 unspecified atom stereocenters. The van der Waals surface area contributed by atoms with E-state index in [1.807, 2.05) is 13.0 Å². The van der Waals surface area contributed by atoms with E-state index in [2.05, 4.69) is 36.4 Å². The van der Waals surface area contributed by atoms with E-state index in [0.29, 0.717) is 0 Å². The van der Waals surface area contributed by atoms with Gasteiger partial charge in [-0.25, -0.2) is 5.84 Å². The van der Waals surface area contributed by atoms with Gasteiger partial charge in [0.25, 0.3) is 0 Å². The number of rotatable bonds is 2. The van der Waals surface area contributed by atoms with Gasteiger partial charge in [0.15, 0.2) is 0 Å². The molecule has 1 aromatic carbocycles. The van der Waals surface area contributed by atoms with E-state index in [-0.39, 0.29) is 0 Å². The van der Waals surface area contributed by atoms with Gasteiger partial charge in [-0.3, -0.25) is 4.99 Å². The molecule has 3 heteroatoms. The number of aliphatic imine (C=N–C) groups is 1. The van der Waals surface area contributed by atoms with Crippen molar-refractivity contribution in [2.24, 2.45) is 10.8 Å². The highest BCUT2D eigenvalue weighted by Gasteiger charge is 2.01. The van der Waals surface area contributed by atoms with E-state index in [1.165, 1.54) is 11.1 Å². The van der Waals surface area contributed by atoms with Gasteiger partial charge in [-0.15, -0.1) is 0 Å². The number of amidine groups is 1. The van der Waals surface area contributed by atoms with E-state index in [0.717, 1.165) is 17.9 Å². The number of nitrogens with zero attached hydrogens (tertiary/aromatic N) is 1. The third-order valence-electron chi connectivity index (χ3n) is 2.23. The average Bonchev–Trinajstić information content (AvgIpc) is 2.19. The fourth-order valence-corrected chi connectivity index (χ4v) is 1.27. The highest BCUT2D eigenvalue weighted by Crippen LogP contribution is 2.09. The van der Waals surface area contributed by atoms with Crippen LogP contribution in [0.2, 0.25) is 0 Å². The second kappa shape index (κ2) is 4.77. The maximum atomic E-state index is 5.40. The molecule has 0 aliphatic heterocycles. The van der Waals surface area contributed by atoms with Crippen LogP contribution in [-0.2, 0) is 0 Å². The van der Waals surface area contributed by atoms with Gasteiger partial charge in [0.2, 0.25) is 0 Å². The predicted octanol–water partition coefficient (Wildman–Crippen LogP) is 1.53. The zero-order valence-corrected chi connectivity index (χ0v) is 8.96. The minimum Gasteiger partial charge on any atom is -0.308 e. The molecule has 0 saturated carbocycles. The third-order valence-corrected chi connectivity index (χ3v) is 2.23. The summed E-state index contributed by atoms with van der Waals surface area (Å²) in [4.78, 5) is 4.26. The largest absolute Gasteiger partial charge is 0.308 e. The topological polar surface area (TPSA) is 50.4 Å². The van der Waals surface area contributed by atoms with Gasteiger partial charge < -0.3 is 5.43 Å². The number of aryl methyl sites for hydroxylation is 2. The number of hydrazine groups is 1. The van der Waals surface area contributed by atoms with Crippen molar-refractivity contribution < 1.29 is 0 Å². The summed E-state index contributed by atoms with van der Waals surface area (Å²) in [5, 5.41) is 0. The maximum absolute atomic E-state index is 5.40. The molecule has 1 rings (SSSR count). The molecule has 0 heterocycles. The fourth-order valence-electron chi connectivity index (χ4n) is 1.27. The van der Waals surface area contributed by atoms with E-state index < -0.39 is 0 Å². The lowest BCUT2D eigenvalue weighted by Gasteiger charge is -2.07. The quantitative estimate of drug-likeness (QED) is 0.322. The monoisotopic (exact) mass is 191 g/mol. The molecule has 0 radical (unpaired) electrons. The van der Waals surface area contributed by atoms with E-state index >= 15 is 0 Å². The maximum Gasteiger partial charge on any atom is 0.142 e. The van der Waals surface area contributed by atoms with Crippen molar-refractivity contribution in [2.45, 2.75) is 20.8 Å². The van der Waals surface area contributed by atoms with Crippen molar-refractivity contribution >= 4 is 5.84 Å². The molecule has 0 aromatic heterocycles. The molecule has 0 fully saturated rings. The SMILES string of the molecule is CCN=C(NN)c1ccc(C)c(C)c1. The van der Waals surface area contributed by atoms with Gasteiger partial charge in [0, 0.05) is 12.1 Å². The van der Waals surface area contributed by atoms with Crippen molar-refractivity contribution in [3.63, 3.8) is 0 Å². The lowest BCUT2D eigenvalue weighted by atomic mass is 10.1. The zero-order chi connectivity index (χ0) is 10.6. The molecule has 3 N–H and O–H groups in total. The first-order valence-corrected chi connectivity index (χ1v) is 4.77. The Bertz CT molecular complexity index is 342. The number of nitrogens with two attached hydrogens (primary N) is 1. The van der Waals surface area contributed by atoms with Crippen LogP contribution in [-0.4, -0.2) is 12.4 Å². The smallest absolute Gasteiger partial charge is 0.142 e. The summed E-state index contributed by atoms with van der Waals surface area (Å²) in [6, 6.07) is 6.19. The Morgan fingerprint density at radius 3 is 2.57 bits per heavy atom. The minimum absolute atomic E-state index is 0.729. The van der Waals surface area contributed by atoms with Crippen LogP contribution < -0.4 is 11.3 Å². The molecule has 3 nitrogen and oxygen atoms in total. The number of benzene rings is 1. The van der Waals surface area contributed by atoms with Crippen LogP contribution in [0.1, 0.15) is 23.6 Å². The minimum atomic E-state index is 0.729. The van der Waals surface area contributed by atoms with Crippen molar-refractivity contribution in [2.75, 3.05) is 6.54 Å². The second-order valence-electron chi connectivity index (χ2n) is 3.27. The second-order valence-corrected chi connectivity index (χ2v) is 3.27.